The van der Waals surface area contributed by atoms with Crippen LogP contribution in [0.2, 0.25) is 0 Å². The quantitative estimate of drug-likeness (QED) is 0.382. The third-order valence-electron chi connectivity index (χ3n) is 7.50. The smallest absolute Gasteiger partial charge is 0.243 e. The minimum Gasteiger partial charge on any atom is -0.343 e. The molecule has 2 fully saturated rings. The number of carbonyl (C=O) groups excluding carboxylic acids is 2. The van der Waals surface area contributed by atoms with Crippen molar-refractivity contribution in [3.05, 3.63) is 102 Å². The first kappa shape index (κ1) is 24.3. The van der Waals surface area contributed by atoms with E-state index in [1.807, 2.05) is 60.7 Å². The Hall–Kier alpha value is -4.07. The number of nitrogens with one attached hydrogen (secondary N) is 1. The first-order valence-electron chi connectivity index (χ1n) is 13.0. The van der Waals surface area contributed by atoms with E-state index < -0.39 is 24.2 Å². The lowest BCUT2D eigenvalue weighted by atomic mass is 9.96. The van der Waals surface area contributed by atoms with Gasteiger partial charge in [-0.15, -0.1) is 0 Å². The minimum absolute atomic E-state index is 0.0486. The Morgan fingerprint density at radius 1 is 1.00 bits per heavy atom. The Morgan fingerprint density at radius 3 is 2.53 bits per heavy atom. The van der Waals surface area contributed by atoms with Crippen LogP contribution in [0.1, 0.15) is 47.9 Å². The Bertz CT molecular complexity index is 1480. The van der Waals surface area contributed by atoms with Crippen LogP contribution in [-0.2, 0) is 16.1 Å². The molecule has 6 nitrogen and oxygen atoms in total. The summed E-state index contributed by atoms with van der Waals surface area (Å²) in [5.74, 6) is -0.839. The van der Waals surface area contributed by atoms with E-state index >= 15 is 0 Å². The molecule has 1 saturated carbocycles. The fourth-order valence-corrected chi connectivity index (χ4v) is 5.37. The Kier molecular flexibility index (Phi) is 6.39. The second-order valence-electron chi connectivity index (χ2n) is 10.2. The molecule has 38 heavy (non-hydrogen) atoms. The molecule has 1 aliphatic heterocycles. The predicted octanol–water partition coefficient (Wildman–Crippen LogP) is 4.90. The third-order valence-corrected chi connectivity index (χ3v) is 7.50. The molecule has 194 valence electrons. The number of imidazole rings is 1. The standard InChI is InChI=1S/C30H28F2N4O2/c31-22-15-27(36(16-22)28(37)17-35-18-33-25-8-4-5-9-26(25)35)30(38)34-29(20-6-2-1-3-7-20)21-12-13-23(19-10-11-19)24(32)14-21/h1-9,12-14,18-19,22,27,29H,10-11,15-17H2,(H,34,38)/t22?,27?,29-/m0/s1. The highest BCUT2D eigenvalue weighted by Crippen LogP contribution is 2.42. The molecule has 8 heteroatoms. The van der Waals surface area contributed by atoms with E-state index in [0.717, 1.165) is 29.4 Å². The fraction of sp³-hybridized carbons (Fsp3) is 0.300. The summed E-state index contributed by atoms with van der Waals surface area (Å²) in [7, 11) is 0. The van der Waals surface area contributed by atoms with Gasteiger partial charge >= 0.3 is 0 Å². The summed E-state index contributed by atoms with van der Waals surface area (Å²) in [6.45, 7) is -0.197. The summed E-state index contributed by atoms with van der Waals surface area (Å²) in [5.41, 5.74) is 3.62. The van der Waals surface area contributed by atoms with E-state index in [2.05, 4.69) is 10.3 Å². The van der Waals surface area contributed by atoms with Gasteiger partial charge < -0.3 is 14.8 Å². The number of nitrogens with zero attached hydrogens (tertiary/aromatic N) is 3. The van der Waals surface area contributed by atoms with Crippen LogP contribution in [0.15, 0.2) is 79.1 Å². The van der Waals surface area contributed by atoms with Gasteiger partial charge in [-0.2, -0.15) is 0 Å². The topological polar surface area (TPSA) is 67.2 Å². The van der Waals surface area contributed by atoms with Gasteiger partial charge in [0, 0.05) is 6.42 Å². The van der Waals surface area contributed by atoms with Gasteiger partial charge in [-0.3, -0.25) is 9.59 Å². The first-order valence-corrected chi connectivity index (χ1v) is 13.0. The summed E-state index contributed by atoms with van der Waals surface area (Å²) < 4.78 is 31.2. The SMILES string of the molecule is O=C(N[C@@H](c1ccccc1)c1ccc(C2CC2)c(F)c1)C1CC(F)CN1C(=O)Cn1cnc2ccccc21. The van der Waals surface area contributed by atoms with Crippen LogP contribution in [0.4, 0.5) is 8.78 Å². The molecular formula is C30H28F2N4O2. The van der Waals surface area contributed by atoms with Crippen molar-refractivity contribution in [2.75, 3.05) is 6.54 Å². The molecule has 0 bridgehead atoms. The average Bonchev–Trinajstić information content (AvgIpc) is 3.58. The molecule has 0 spiro atoms. The third kappa shape index (κ3) is 4.78. The number of carbonyl (C=O) groups is 2. The van der Waals surface area contributed by atoms with Gasteiger partial charge in [0.25, 0.3) is 0 Å². The summed E-state index contributed by atoms with van der Waals surface area (Å²) >= 11 is 0. The molecular weight excluding hydrogens is 486 g/mol. The van der Waals surface area contributed by atoms with Crippen LogP contribution in [0.25, 0.3) is 11.0 Å². The highest BCUT2D eigenvalue weighted by Gasteiger charge is 2.40. The normalized spacial score (nSPS) is 20.0. The predicted molar refractivity (Wildman–Crippen MR) is 140 cm³/mol. The van der Waals surface area contributed by atoms with Crippen LogP contribution in [-0.4, -0.2) is 45.0 Å². The summed E-state index contributed by atoms with van der Waals surface area (Å²) in [6.07, 6.45) is 2.16. The number of hydrogen-bond acceptors (Lipinski definition) is 3. The first-order chi connectivity index (χ1) is 18.5. The zero-order valence-corrected chi connectivity index (χ0v) is 20.8. The summed E-state index contributed by atoms with van der Waals surface area (Å²) in [4.78, 5) is 32.5. The molecule has 6 rings (SSSR count). The van der Waals surface area contributed by atoms with E-state index in [-0.39, 0.29) is 37.2 Å². The largest absolute Gasteiger partial charge is 0.343 e. The molecule has 2 heterocycles. The highest BCUT2D eigenvalue weighted by atomic mass is 19.1. The monoisotopic (exact) mass is 514 g/mol. The van der Waals surface area contributed by atoms with E-state index in [0.29, 0.717) is 11.1 Å². The summed E-state index contributed by atoms with van der Waals surface area (Å²) in [5, 5.41) is 2.99. The van der Waals surface area contributed by atoms with Crippen molar-refractivity contribution in [1.29, 1.82) is 0 Å². The highest BCUT2D eigenvalue weighted by molar-refractivity contribution is 5.89. The van der Waals surface area contributed by atoms with Gasteiger partial charge in [0.15, 0.2) is 0 Å². The number of para-hydroxylation sites is 2. The number of aromatic nitrogens is 2. The second kappa shape index (κ2) is 10.0. The maximum absolute atomic E-state index is 14.9. The molecule has 3 aromatic carbocycles. The molecule has 2 amide bonds. The number of rotatable bonds is 7. The minimum atomic E-state index is -1.31. The Labute approximate surface area is 219 Å². The van der Waals surface area contributed by atoms with Crippen LogP contribution in [0, 0.1) is 5.82 Å². The van der Waals surface area contributed by atoms with Crippen molar-refractivity contribution < 1.29 is 18.4 Å². The molecule has 1 aromatic heterocycles. The number of alkyl halides is 1. The van der Waals surface area contributed by atoms with Gasteiger partial charge in [-0.25, -0.2) is 13.8 Å². The molecule has 1 saturated heterocycles. The Balaban J connectivity index is 1.24. The lowest BCUT2D eigenvalue weighted by Gasteiger charge is -2.27. The fourth-order valence-electron chi connectivity index (χ4n) is 5.37. The number of halogens is 2. The van der Waals surface area contributed by atoms with E-state index in [9.17, 15) is 18.4 Å². The summed E-state index contributed by atoms with van der Waals surface area (Å²) in [6, 6.07) is 20.2. The van der Waals surface area contributed by atoms with Gasteiger partial charge in [0.05, 0.1) is 29.9 Å². The van der Waals surface area contributed by atoms with Crippen LogP contribution in [0.5, 0.6) is 0 Å². The molecule has 1 aliphatic carbocycles. The molecule has 2 aliphatic rings. The lowest BCUT2D eigenvalue weighted by Crippen LogP contribution is -2.47. The zero-order valence-electron chi connectivity index (χ0n) is 20.8. The number of hydrogen-bond donors (Lipinski definition) is 1. The van der Waals surface area contributed by atoms with Crippen molar-refractivity contribution in [1.82, 2.24) is 19.8 Å². The van der Waals surface area contributed by atoms with E-state index in [1.54, 1.807) is 17.0 Å². The van der Waals surface area contributed by atoms with E-state index in [4.69, 9.17) is 0 Å². The average molecular weight is 515 g/mol. The molecule has 4 aromatic rings. The van der Waals surface area contributed by atoms with Crippen molar-refractivity contribution in [3.63, 3.8) is 0 Å². The molecule has 1 N–H and O–H groups in total. The van der Waals surface area contributed by atoms with Gasteiger partial charge in [0.1, 0.15) is 24.6 Å². The molecule has 2 unspecified atom stereocenters. The Morgan fingerprint density at radius 2 is 1.76 bits per heavy atom. The second-order valence-corrected chi connectivity index (χ2v) is 10.2. The maximum atomic E-state index is 14.9. The van der Waals surface area contributed by atoms with Gasteiger partial charge in [-0.05, 0) is 53.6 Å². The lowest BCUT2D eigenvalue weighted by molar-refractivity contribution is -0.139. The van der Waals surface area contributed by atoms with E-state index in [1.165, 1.54) is 11.0 Å². The van der Waals surface area contributed by atoms with Crippen molar-refractivity contribution in [2.24, 2.45) is 0 Å². The number of likely N-dealkylation sites (tertiary alicyclic amines) is 1. The van der Waals surface area contributed by atoms with Crippen LogP contribution in [0.3, 0.4) is 0 Å². The molecule has 3 atom stereocenters. The molecule has 0 radical (unpaired) electrons. The van der Waals surface area contributed by atoms with Crippen LogP contribution >= 0.6 is 0 Å². The van der Waals surface area contributed by atoms with Gasteiger partial charge in [0.2, 0.25) is 11.8 Å². The van der Waals surface area contributed by atoms with Gasteiger partial charge in [-0.1, -0.05) is 54.6 Å². The number of benzene rings is 3. The zero-order chi connectivity index (χ0) is 26.2. The van der Waals surface area contributed by atoms with Crippen molar-refractivity contribution in [3.8, 4) is 0 Å². The van der Waals surface area contributed by atoms with Crippen molar-refractivity contribution in [2.45, 2.75) is 50.0 Å². The van der Waals surface area contributed by atoms with Crippen LogP contribution < -0.4 is 5.32 Å². The number of fused-ring (bicyclic) bond motifs is 1. The van der Waals surface area contributed by atoms with Crippen molar-refractivity contribution >= 4 is 22.8 Å². The maximum Gasteiger partial charge on any atom is 0.243 e. The number of amides is 2.